The van der Waals surface area contributed by atoms with Gasteiger partial charge in [0.25, 0.3) is 5.91 Å². The van der Waals surface area contributed by atoms with Crippen molar-refractivity contribution in [2.75, 3.05) is 4.90 Å². The summed E-state index contributed by atoms with van der Waals surface area (Å²) < 4.78 is 0. The van der Waals surface area contributed by atoms with Crippen molar-refractivity contribution < 1.29 is 19.8 Å². The highest BCUT2D eigenvalue weighted by Crippen LogP contribution is 2.42. The maximum Gasteiger partial charge on any atom is 0.294 e. The first-order valence-corrected chi connectivity index (χ1v) is 9.42. The molecule has 1 aliphatic heterocycles. The number of phenols is 1. The number of carbonyl (C=O) groups is 2. The molecule has 0 aliphatic carbocycles. The smallest absolute Gasteiger partial charge is 0.294 e. The second-order valence-electron chi connectivity index (χ2n) is 7.70. The topological polar surface area (TPSA) is 77.8 Å². The standard InChI is InChI=1S/C23H25NO4/c1-13(2)15-5-9-17(10-6-15)24-20(16-7-11-18(25)12-8-16)19(21(26)14(3)4)22(27)23(24)28/h5-14,20,25,27H,1-4H3. The third-order valence-electron chi connectivity index (χ3n) is 5.04. The van der Waals surface area contributed by atoms with Gasteiger partial charge in [-0.2, -0.15) is 0 Å². The molecule has 28 heavy (non-hydrogen) atoms. The summed E-state index contributed by atoms with van der Waals surface area (Å²) in [5, 5.41) is 20.2. The van der Waals surface area contributed by atoms with Crippen LogP contribution >= 0.6 is 0 Å². The lowest BCUT2D eigenvalue weighted by Crippen LogP contribution is -2.31. The molecule has 2 aromatic rings. The quantitative estimate of drug-likeness (QED) is 0.793. The van der Waals surface area contributed by atoms with Gasteiger partial charge in [0.05, 0.1) is 11.6 Å². The van der Waals surface area contributed by atoms with Gasteiger partial charge in [0.1, 0.15) is 5.75 Å². The minimum atomic E-state index is -0.743. The molecule has 146 valence electrons. The molecular weight excluding hydrogens is 354 g/mol. The average molecular weight is 379 g/mol. The number of nitrogens with zero attached hydrogens (tertiary/aromatic N) is 1. The molecule has 0 saturated carbocycles. The molecule has 2 aromatic carbocycles. The lowest BCUT2D eigenvalue weighted by molar-refractivity contribution is -0.119. The van der Waals surface area contributed by atoms with Crippen LogP contribution in [0.1, 0.15) is 50.8 Å². The molecule has 2 N–H and O–H groups in total. The van der Waals surface area contributed by atoms with Gasteiger partial charge in [-0.25, -0.2) is 0 Å². The van der Waals surface area contributed by atoms with Crippen LogP contribution in [0.25, 0.3) is 0 Å². The molecule has 1 atom stereocenters. The average Bonchev–Trinajstić information content (AvgIpc) is 2.93. The molecule has 0 bridgehead atoms. The van der Waals surface area contributed by atoms with E-state index in [1.54, 1.807) is 26.0 Å². The Bertz CT molecular complexity index is 924. The summed E-state index contributed by atoms with van der Waals surface area (Å²) >= 11 is 0. The number of Topliss-reactive ketones (excluding diaryl/α,β-unsaturated/α-hetero) is 1. The van der Waals surface area contributed by atoms with Crippen LogP contribution in [0.5, 0.6) is 5.75 Å². The fraction of sp³-hybridized carbons (Fsp3) is 0.304. The first-order valence-electron chi connectivity index (χ1n) is 9.42. The van der Waals surface area contributed by atoms with Crippen LogP contribution in [0.2, 0.25) is 0 Å². The van der Waals surface area contributed by atoms with Gasteiger partial charge in [0.15, 0.2) is 11.5 Å². The molecule has 1 aliphatic rings. The number of rotatable bonds is 5. The molecule has 1 unspecified atom stereocenters. The summed E-state index contributed by atoms with van der Waals surface area (Å²) in [5.74, 6) is -1.31. The van der Waals surface area contributed by atoms with Gasteiger partial charge in [0.2, 0.25) is 0 Å². The molecule has 0 fully saturated rings. The van der Waals surface area contributed by atoms with E-state index in [1.165, 1.54) is 17.0 Å². The zero-order chi connectivity index (χ0) is 20.6. The Labute approximate surface area is 164 Å². The summed E-state index contributed by atoms with van der Waals surface area (Å²) in [4.78, 5) is 27.2. The number of aliphatic hydroxyl groups excluding tert-OH is 1. The van der Waals surface area contributed by atoms with Gasteiger partial charge in [0, 0.05) is 11.6 Å². The Balaban J connectivity index is 2.13. The molecule has 5 nitrogen and oxygen atoms in total. The van der Waals surface area contributed by atoms with Crippen LogP contribution in [-0.2, 0) is 9.59 Å². The second kappa shape index (κ2) is 7.50. The molecule has 1 amide bonds. The number of phenolic OH excluding ortho intramolecular Hbond substituents is 1. The third-order valence-corrected chi connectivity index (χ3v) is 5.04. The number of hydrogen-bond donors (Lipinski definition) is 2. The number of hydrogen-bond acceptors (Lipinski definition) is 4. The highest BCUT2D eigenvalue weighted by molar-refractivity contribution is 6.16. The van der Waals surface area contributed by atoms with Gasteiger partial charge in [-0.15, -0.1) is 0 Å². The Hall–Kier alpha value is -3.08. The minimum Gasteiger partial charge on any atom is -0.508 e. The minimum absolute atomic E-state index is 0.0887. The van der Waals surface area contributed by atoms with E-state index in [4.69, 9.17) is 0 Å². The lowest BCUT2D eigenvalue weighted by atomic mass is 9.91. The Morgan fingerprint density at radius 1 is 0.929 bits per heavy atom. The van der Waals surface area contributed by atoms with Crippen molar-refractivity contribution in [2.45, 2.75) is 39.7 Å². The van der Waals surface area contributed by atoms with Crippen molar-refractivity contribution in [1.82, 2.24) is 0 Å². The SMILES string of the molecule is CC(C)C(=O)C1=C(O)C(=O)N(c2ccc(C(C)C)cc2)C1c1ccc(O)cc1. The van der Waals surface area contributed by atoms with Gasteiger partial charge < -0.3 is 10.2 Å². The van der Waals surface area contributed by atoms with Crippen LogP contribution in [0.4, 0.5) is 5.69 Å². The number of carbonyl (C=O) groups excluding carboxylic acids is 2. The van der Waals surface area contributed by atoms with Crippen molar-refractivity contribution in [3.05, 3.63) is 71.0 Å². The monoisotopic (exact) mass is 379 g/mol. The van der Waals surface area contributed by atoms with E-state index >= 15 is 0 Å². The van der Waals surface area contributed by atoms with Gasteiger partial charge >= 0.3 is 0 Å². The van der Waals surface area contributed by atoms with Crippen LogP contribution in [0.15, 0.2) is 59.9 Å². The van der Waals surface area contributed by atoms with Crippen molar-refractivity contribution in [3.63, 3.8) is 0 Å². The van der Waals surface area contributed by atoms with E-state index in [-0.39, 0.29) is 23.0 Å². The number of amides is 1. The molecule has 1 heterocycles. The van der Waals surface area contributed by atoms with E-state index in [1.807, 2.05) is 24.3 Å². The maximum atomic E-state index is 12.9. The predicted molar refractivity (Wildman–Crippen MR) is 108 cm³/mol. The maximum absolute atomic E-state index is 12.9. The number of aliphatic hydroxyl groups is 1. The molecule has 5 heteroatoms. The van der Waals surface area contributed by atoms with Gasteiger partial charge in [-0.1, -0.05) is 52.0 Å². The lowest BCUT2D eigenvalue weighted by Gasteiger charge is -2.27. The fourth-order valence-electron chi connectivity index (χ4n) is 3.43. The number of ketones is 1. The van der Waals surface area contributed by atoms with Gasteiger partial charge in [-0.05, 0) is 41.3 Å². The molecule has 0 saturated heterocycles. The van der Waals surface area contributed by atoms with E-state index < -0.39 is 17.7 Å². The normalized spacial score (nSPS) is 17.1. The molecular formula is C23H25NO4. The summed E-state index contributed by atoms with van der Waals surface area (Å²) in [6.45, 7) is 7.65. The van der Waals surface area contributed by atoms with Crippen LogP contribution < -0.4 is 4.90 Å². The molecule has 3 rings (SSSR count). The Kier molecular flexibility index (Phi) is 5.27. The zero-order valence-electron chi connectivity index (χ0n) is 16.5. The fourth-order valence-corrected chi connectivity index (χ4v) is 3.43. The highest BCUT2D eigenvalue weighted by atomic mass is 16.3. The number of anilines is 1. The highest BCUT2D eigenvalue weighted by Gasteiger charge is 2.44. The largest absolute Gasteiger partial charge is 0.508 e. The zero-order valence-corrected chi connectivity index (χ0v) is 16.5. The number of benzene rings is 2. The molecule has 0 radical (unpaired) electrons. The van der Waals surface area contributed by atoms with Crippen LogP contribution in [0.3, 0.4) is 0 Å². The van der Waals surface area contributed by atoms with E-state index in [2.05, 4.69) is 13.8 Å². The summed E-state index contributed by atoms with van der Waals surface area (Å²) in [7, 11) is 0. The Morgan fingerprint density at radius 2 is 1.50 bits per heavy atom. The van der Waals surface area contributed by atoms with Gasteiger partial charge in [-0.3, -0.25) is 14.5 Å². The van der Waals surface area contributed by atoms with Crippen molar-refractivity contribution in [3.8, 4) is 5.75 Å². The van der Waals surface area contributed by atoms with E-state index in [0.717, 1.165) is 5.56 Å². The molecule has 0 aromatic heterocycles. The van der Waals surface area contributed by atoms with Crippen molar-refractivity contribution in [2.24, 2.45) is 5.92 Å². The predicted octanol–water partition coefficient (Wildman–Crippen LogP) is 4.64. The summed E-state index contributed by atoms with van der Waals surface area (Å²) in [5.41, 5.74) is 2.48. The van der Waals surface area contributed by atoms with Crippen molar-refractivity contribution in [1.29, 1.82) is 0 Å². The van der Waals surface area contributed by atoms with Crippen LogP contribution in [0, 0.1) is 5.92 Å². The molecule has 0 spiro atoms. The number of aromatic hydroxyl groups is 1. The first-order chi connectivity index (χ1) is 13.2. The Morgan fingerprint density at radius 3 is 2.00 bits per heavy atom. The van der Waals surface area contributed by atoms with E-state index in [9.17, 15) is 19.8 Å². The third kappa shape index (κ3) is 3.40. The van der Waals surface area contributed by atoms with Crippen LogP contribution in [-0.4, -0.2) is 21.9 Å². The summed E-state index contributed by atoms with van der Waals surface area (Å²) in [6.07, 6.45) is 0. The second-order valence-corrected chi connectivity index (χ2v) is 7.70. The summed E-state index contributed by atoms with van der Waals surface area (Å²) in [6, 6.07) is 13.1. The first kappa shape index (κ1) is 19.7. The van der Waals surface area contributed by atoms with Crippen molar-refractivity contribution >= 4 is 17.4 Å². The van der Waals surface area contributed by atoms with E-state index in [0.29, 0.717) is 17.2 Å².